The predicted octanol–water partition coefficient (Wildman–Crippen LogP) is 8.91. The van der Waals surface area contributed by atoms with Crippen LogP contribution in [0.4, 0.5) is 22.0 Å². The lowest BCUT2D eigenvalue weighted by Crippen LogP contribution is -2.18. The summed E-state index contributed by atoms with van der Waals surface area (Å²) in [6, 6.07) is 9.81. The second kappa shape index (κ2) is 14.5. The Hall–Kier alpha value is -3.69. The van der Waals surface area contributed by atoms with Crippen LogP contribution in [0.1, 0.15) is 69.9 Å². The number of esters is 1. The van der Waals surface area contributed by atoms with Crippen LogP contribution in [0.15, 0.2) is 63.8 Å². The smallest absolute Gasteiger partial charge is 0.417 e. The van der Waals surface area contributed by atoms with Gasteiger partial charge in [0.2, 0.25) is 5.92 Å². The summed E-state index contributed by atoms with van der Waals surface area (Å²) in [6.45, 7) is 6.75. The van der Waals surface area contributed by atoms with E-state index in [1.165, 1.54) is 37.3 Å². The second-order valence-corrected chi connectivity index (χ2v) is 10.3. The summed E-state index contributed by atoms with van der Waals surface area (Å²) in [5.74, 6) is -3.32. The maximum Gasteiger partial charge on any atom is 0.417 e. The van der Waals surface area contributed by atoms with Crippen LogP contribution in [0.3, 0.4) is 0 Å². The van der Waals surface area contributed by atoms with Crippen molar-refractivity contribution in [3.05, 3.63) is 76.2 Å². The van der Waals surface area contributed by atoms with Crippen LogP contribution >= 0.6 is 0 Å². The Bertz CT molecular complexity index is 1440. The van der Waals surface area contributed by atoms with Crippen LogP contribution in [-0.4, -0.2) is 25.1 Å². The van der Waals surface area contributed by atoms with Gasteiger partial charge in [0.15, 0.2) is 0 Å². The Morgan fingerprint density at radius 3 is 2.29 bits per heavy atom. The van der Waals surface area contributed by atoms with E-state index >= 15 is 0 Å². The molecule has 0 spiro atoms. The fourth-order valence-corrected chi connectivity index (χ4v) is 4.43. The normalized spacial score (nSPS) is 12.0. The van der Waals surface area contributed by atoms with Gasteiger partial charge in [-0.1, -0.05) is 38.5 Å². The van der Waals surface area contributed by atoms with Crippen molar-refractivity contribution in [2.24, 2.45) is 0 Å². The number of ether oxygens (including phenoxy) is 2. The van der Waals surface area contributed by atoms with Crippen molar-refractivity contribution in [1.29, 1.82) is 0 Å². The van der Waals surface area contributed by atoms with Gasteiger partial charge in [0.05, 0.1) is 24.3 Å². The molecule has 0 saturated carbocycles. The number of halogens is 5. The minimum atomic E-state index is -4.66. The van der Waals surface area contributed by atoms with Crippen LogP contribution in [0, 0.1) is 0 Å². The van der Waals surface area contributed by atoms with Gasteiger partial charge in [0.25, 0.3) is 0 Å². The lowest BCUT2D eigenvalue weighted by Gasteiger charge is -2.16. The number of alkyl halides is 5. The van der Waals surface area contributed by atoms with E-state index in [2.05, 4.69) is 6.58 Å². The Balaban J connectivity index is 1.65. The van der Waals surface area contributed by atoms with Gasteiger partial charge < -0.3 is 13.9 Å². The van der Waals surface area contributed by atoms with E-state index in [9.17, 15) is 31.5 Å². The average molecular weight is 595 g/mol. The molecule has 0 saturated heterocycles. The molecule has 0 N–H and O–H groups in total. The number of hydrogen-bond acceptors (Lipinski definition) is 5. The highest BCUT2D eigenvalue weighted by molar-refractivity contribution is 5.87. The molecule has 0 aliphatic carbocycles. The van der Waals surface area contributed by atoms with Crippen LogP contribution in [0.2, 0.25) is 0 Å². The van der Waals surface area contributed by atoms with Crippen LogP contribution in [0.25, 0.3) is 22.1 Å². The fraction of sp³-hybridized carbons (Fsp3) is 0.438. The second-order valence-electron chi connectivity index (χ2n) is 10.3. The zero-order valence-electron chi connectivity index (χ0n) is 23.8. The molecule has 42 heavy (non-hydrogen) atoms. The summed E-state index contributed by atoms with van der Waals surface area (Å²) in [7, 11) is 0. The van der Waals surface area contributed by atoms with Gasteiger partial charge in [0, 0.05) is 35.4 Å². The van der Waals surface area contributed by atoms with E-state index in [1.807, 2.05) is 6.92 Å². The molecule has 1 aromatic heterocycles. The van der Waals surface area contributed by atoms with Gasteiger partial charge in [-0.25, -0.2) is 18.4 Å². The molecule has 0 aliphatic rings. The maximum absolute atomic E-state index is 14.1. The van der Waals surface area contributed by atoms with Gasteiger partial charge in [-0.15, -0.1) is 0 Å². The number of unbranched alkanes of at least 4 members (excludes halogenated alkanes) is 2. The molecule has 0 radical (unpaired) electrons. The molecule has 1 heterocycles. The fourth-order valence-electron chi connectivity index (χ4n) is 4.43. The summed E-state index contributed by atoms with van der Waals surface area (Å²) in [4.78, 5) is 24.1. The SMILES string of the molecule is C=C(C)C(=O)OCCCC(F)(F)CCCOc1ccc2cc(-c3ccc(CCCCC)cc3C(F)(F)F)c(=O)oc2c1. The topological polar surface area (TPSA) is 65.7 Å². The van der Waals surface area contributed by atoms with Crippen LogP contribution < -0.4 is 10.4 Å². The van der Waals surface area contributed by atoms with Gasteiger partial charge >= 0.3 is 17.8 Å². The summed E-state index contributed by atoms with van der Waals surface area (Å²) in [5.41, 5.74) is -1.45. The number of aryl methyl sites for hydroxylation is 1. The molecule has 0 aliphatic heterocycles. The quantitative estimate of drug-likeness (QED) is 0.0578. The molecule has 0 atom stereocenters. The van der Waals surface area contributed by atoms with Crippen molar-refractivity contribution >= 4 is 16.9 Å². The summed E-state index contributed by atoms with van der Waals surface area (Å²) in [6.07, 6.45) is -2.37. The van der Waals surface area contributed by atoms with Crippen molar-refractivity contribution in [3.63, 3.8) is 0 Å². The Kier molecular flexibility index (Phi) is 11.3. The van der Waals surface area contributed by atoms with E-state index in [4.69, 9.17) is 13.9 Å². The van der Waals surface area contributed by atoms with E-state index in [0.29, 0.717) is 17.4 Å². The van der Waals surface area contributed by atoms with E-state index < -0.39 is 42.1 Å². The molecule has 5 nitrogen and oxygen atoms in total. The zero-order valence-corrected chi connectivity index (χ0v) is 23.8. The number of benzene rings is 2. The summed E-state index contributed by atoms with van der Waals surface area (Å²) < 4.78 is 85.8. The van der Waals surface area contributed by atoms with Gasteiger partial charge in [-0.05, 0) is 62.4 Å². The molecule has 10 heteroatoms. The summed E-state index contributed by atoms with van der Waals surface area (Å²) >= 11 is 0. The van der Waals surface area contributed by atoms with Crippen molar-refractivity contribution in [3.8, 4) is 16.9 Å². The lowest BCUT2D eigenvalue weighted by atomic mass is 9.95. The number of carbonyl (C=O) groups excluding carboxylic acids is 1. The number of hydrogen-bond donors (Lipinski definition) is 0. The number of fused-ring (bicyclic) bond motifs is 1. The maximum atomic E-state index is 14.1. The van der Waals surface area contributed by atoms with Gasteiger partial charge in [-0.3, -0.25) is 0 Å². The Labute approximate surface area is 241 Å². The van der Waals surface area contributed by atoms with Crippen molar-refractivity contribution < 1.29 is 40.6 Å². The minimum Gasteiger partial charge on any atom is -0.493 e. The molecule has 3 aromatic rings. The molecule has 0 amide bonds. The van der Waals surface area contributed by atoms with E-state index in [-0.39, 0.29) is 54.1 Å². The average Bonchev–Trinajstić information content (AvgIpc) is 2.92. The molecule has 3 rings (SSSR count). The minimum absolute atomic E-state index is 0.00609. The highest BCUT2D eigenvalue weighted by Crippen LogP contribution is 2.38. The molecule has 228 valence electrons. The molecule has 0 unspecified atom stereocenters. The number of carbonyl (C=O) groups is 1. The summed E-state index contributed by atoms with van der Waals surface area (Å²) in [5, 5.41) is 0.385. The van der Waals surface area contributed by atoms with Crippen molar-refractivity contribution in [1.82, 2.24) is 0 Å². The lowest BCUT2D eigenvalue weighted by molar-refractivity contribution is -0.139. The highest BCUT2D eigenvalue weighted by Gasteiger charge is 2.35. The first-order valence-electron chi connectivity index (χ1n) is 13.9. The Morgan fingerprint density at radius 1 is 0.905 bits per heavy atom. The third-order valence-corrected chi connectivity index (χ3v) is 6.68. The standard InChI is InChI=1S/C32H35F5O5/c1-4-5-6-9-22-10-13-25(27(18-22)32(35,36)37)26-19-23-11-12-24(20-28(23)42-30(26)39)40-16-7-14-31(33,34)15-8-17-41-29(38)21(2)3/h10-13,18-20H,2,4-9,14-17H2,1,3H3. The van der Waals surface area contributed by atoms with Crippen LogP contribution in [-0.2, 0) is 22.1 Å². The molecule has 2 aromatic carbocycles. The predicted molar refractivity (Wildman–Crippen MR) is 151 cm³/mol. The van der Waals surface area contributed by atoms with Gasteiger partial charge in [-0.2, -0.15) is 13.2 Å². The van der Waals surface area contributed by atoms with E-state index in [1.54, 1.807) is 6.07 Å². The first-order valence-corrected chi connectivity index (χ1v) is 13.9. The number of rotatable bonds is 15. The molecule has 0 bridgehead atoms. The van der Waals surface area contributed by atoms with Crippen molar-refractivity contribution in [2.75, 3.05) is 13.2 Å². The first-order chi connectivity index (χ1) is 19.8. The largest absolute Gasteiger partial charge is 0.493 e. The molecule has 0 fully saturated rings. The third kappa shape index (κ3) is 9.42. The molecular formula is C32H35F5O5. The van der Waals surface area contributed by atoms with Gasteiger partial charge in [0.1, 0.15) is 11.3 Å². The van der Waals surface area contributed by atoms with Crippen molar-refractivity contribution in [2.45, 2.75) is 77.3 Å². The highest BCUT2D eigenvalue weighted by atomic mass is 19.4. The monoisotopic (exact) mass is 594 g/mol. The third-order valence-electron chi connectivity index (χ3n) is 6.68. The first kappa shape index (κ1) is 32.8. The Morgan fingerprint density at radius 2 is 1.62 bits per heavy atom. The van der Waals surface area contributed by atoms with E-state index in [0.717, 1.165) is 25.3 Å². The molecular weight excluding hydrogens is 559 g/mol. The zero-order chi connectivity index (χ0) is 30.9. The van der Waals surface area contributed by atoms with Crippen LogP contribution in [0.5, 0.6) is 5.75 Å².